The van der Waals surface area contributed by atoms with Crippen molar-refractivity contribution < 1.29 is 14.6 Å². The molecule has 2 aliphatic rings. The molecule has 2 aliphatic heterocycles. The zero-order valence-corrected chi connectivity index (χ0v) is 12.3. The molecule has 0 aromatic heterocycles. The Morgan fingerprint density at radius 1 is 1.43 bits per heavy atom. The minimum Gasteiger partial charge on any atom is -0.392 e. The molecule has 0 radical (unpaired) electrons. The Bertz CT molecular complexity index is 520. The van der Waals surface area contributed by atoms with E-state index in [0.717, 1.165) is 5.56 Å². The Morgan fingerprint density at radius 3 is 2.95 bits per heavy atom. The first-order valence-electron chi connectivity index (χ1n) is 7.52. The van der Waals surface area contributed by atoms with Crippen LogP contribution in [0, 0.1) is 6.92 Å². The predicted molar refractivity (Wildman–Crippen MR) is 78.9 cm³/mol. The highest BCUT2D eigenvalue weighted by atomic mass is 16.5. The van der Waals surface area contributed by atoms with Crippen LogP contribution in [0.2, 0.25) is 0 Å². The molecule has 2 heterocycles. The van der Waals surface area contributed by atoms with Crippen LogP contribution < -0.4 is 5.32 Å². The highest BCUT2D eigenvalue weighted by molar-refractivity contribution is 5.82. The van der Waals surface area contributed by atoms with E-state index in [1.54, 1.807) is 0 Å². The van der Waals surface area contributed by atoms with Crippen LogP contribution in [-0.2, 0) is 9.53 Å². The minimum absolute atomic E-state index is 0.0600. The molecule has 114 valence electrons. The van der Waals surface area contributed by atoms with Gasteiger partial charge in [0.15, 0.2) is 0 Å². The summed E-state index contributed by atoms with van der Waals surface area (Å²) in [4.78, 5) is 14.4. The van der Waals surface area contributed by atoms with Crippen LogP contribution in [0.5, 0.6) is 0 Å². The van der Waals surface area contributed by atoms with Gasteiger partial charge in [0.25, 0.3) is 0 Å². The summed E-state index contributed by atoms with van der Waals surface area (Å²) in [6.07, 6.45) is 0.0352. The number of aliphatic hydroxyl groups excluding tert-OH is 1. The number of carbonyl (C=O) groups is 1. The fraction of sp³-hybridized carbons (Fsp3) is 0.562. The molecular formula is C16H22N2O3. The van der Waals surface area contributed by atoms with Gasteiger partial charge in [0, 0.05) is 13.1 Å². The second-order valence-corrected chi connectivity index (χ2v) is 5.85. The number of rotatable bonds is 2. The maximum atomic E-state index is 12.5. The van der Waals surface area contributed by atoms with Crippen molar-refractivity contribution in [3.63, 3.8) is 0 Å². The molecule has 21 heavy (non-hydrogen) atoms. The van der Waals surface area contributed by atoms with Gasteiger partial charge in [-0.15, -0.1) is 0 Å². The van der Waals surface area contributed by atoms with E-state index in [9.17, 15) is 9.90 Å². The quantitative estimate of drug-likeness (QED) is 0.838. The molecule has 0 saturated carbocycles. The molecule has 0 aliphatic carbocycles. The molecule has 2 fully saturated rings. The fourth-order valence-corrected chi connectivity index (χ4v) is 3.11. The van der Waals surface area contributed by atoms with Gasteiger partial charge < -0.3 is 20.1 Å². The lowest BCUT2D eigenvalue weighted by Crippen LogP contribution is -2.49. The Labute approximate surface area is 124 Å². The average molecular weight is 290 g/mol. The number of amides is 1. The van der Waals surface area contributed by atoms with Gasteiger partial charge in [0.05, 0.1) is 25.3 Å². The number of nitrogens with one attached hydrogen (secondary N) is 1. The summed E-state index contributed by atoms with van der Waals surface area (Å²) < 4.78 is 5.85. The first-order chi connectivity index (χ1) is 10.1. The second-order valence-electron chi connectivity index (χ2n) is 5.85. The van der Waals surface area contributed by atoms with E-state index in [0.29, 0.717) is 32.7 Å². The van der Waals surface area contributed by atoms with Crippen molar-refractivity contribution in [1.29, 1.82) is 0 Å². The number of morpholine rings is 1. The SMILES string of the molecule is Cc1ccccc1C1CN(C(=O)[C@@H]2C[C@@H](O)CN2)CCO1. The van der Waals surface area contributed by atoms with Crippen molar-refractivity contribution in [1.82, 2.24) is 10.2 Å². The Kier molecular flexibility index (Phi) is 4.24. The standard InChI is InChI=1S/C16H22N2O3/c1-11-4-2-3-5-13(11)15-10-18(6-7-21-15)16(20)14-8-12(19)9-17-14/h2-5,12,14-15,17,19H,6-10H2,1H3/t12-,14+,15?/m1/s1. The molecule has 2 saturated heterocycles. The number of nitrogens with zero attached hydrogens (tertiary/aromatic N) is 1. The molecular weight excluding hydrogens is 268 g/mol. The van der Waals surface area contributed by atoms with Crippen LogP contribution in [0.25, 0.3) is 0 Å². The van der Waals surface area contributed by atoms with Gasteiger partial charge in [-0.05, 0) is 24.5 Å². The summed E-state index contributed by atoms with van der Waals surface area (Å²) in [5.41, 5.74) is 2.33. The van der Waals surface area contributed by atoms with Crippen molar-refractivity contribution >= 4 is 5.91 Å². The van der Waals surface area contributed by atoms with Crippen LogP contribution in [0.1, 0.15) is 23.7 Å². The third kappa shape index (κ3) is 3.10. The molecule has 3 atom stereocenters. The Morgan fingerprint density at radius 2 is 2.24 bits per heavy atom. The Hall–Kier alpha value is -1.43. The van der Waals surface area contributed by atoms with Crippen molar-refractivity contribution in [3.05, 3.63) is 35.4 Å². The van der Waals surface area contributed by atoms with Crippen molar-refractivity contribution in [2.75, 3.05) is 26.2 Å². The number of carbonyl (C=O) groups excluding carboxylic acids is 1. The first kappa shape index (κ1) is 14.5. The number of hydrogen-bond donors (Lipinski definition) is 2. The zero-order valence-electron chi connectivity index (χ0n) is 12.3. The summed E-state index contributed by atoms with van der Waals surface area (Å²) in [5.74, 6) is 0.0773. The highest BCUT2D eigenvalue weighted by Crippen LogP contribution is 2.25. The van der Waals surface area contributed by atoms with E-state index < -0.39 is 6.10 Å². The lowest BCUT2D eigenvalue weighted by molar-refractivity contribution is -0.141. The van der Waals surface area contributed by atoms with E-state index in [1.807, 2.05) is 17.0 Å². The van der Waals surface area contributed by atoms with E-state index in [4.69, 9.17) is 4.74 Å². The average Bonchev–Trinajstić information content (AvgIpc) is 2.94. The van der Waals surface area contributed by atoms with Crippen LogP contribution in [0.3, 0.4) is 0 Å². The largest absolute Gasteiger partial charge is 0.392 e. The Balaban J connectivity index is 1.68. The highest BCUT2D eigenvalue weighted by Gasteiger charge is 2.34. The van der Waals surface area contributed by atoms with Crippen LogP contribution in [0.4, 0.5) is 0 Å². The van der Waals surface area contributed by atoms with Gasteiger partial charge in [-0.25, -0.2) is 0 Å². The topological polar surface area (TPSA) is 61.8 Å². The number of ether oxygens (including phenoxy) is 1. The third-order valence-electron chi connectivity index (χ3n) is 4.32. The molecule has 1 aromatic carbocycles. The van der Waals surface area contributed by atoms with E-state index in [1.165, 1.54) is 5.56 Å². The second kappa shape index (κ2) is 6.13. The first-order valence-corrected chi connectivity index (χ1v) is 7.52. The minimum atomic E-state index is -0.410. The summed E-state index contributed by atoms with van der Waals surface area (Å²) in [5, 5.41) is 12.6. The summed E-state index contributed by atoms with van der Waals surface area (Å²) >= 11 is 0. The van der Waals surface area contributed by atoms with E-state index in [-0.39, 0.29) is 18.1 Å². The summed E-state index contributed by atoms with van der Waals surface area (Å²) in [6.45, 7) is 4.32. The molecule has 0 spiro atoms. The van der Waals surface area contributed by atoms with Gasteiger partial charge in [0.2, 0.25) is 5.91 Å². The molecule has 1 unspecified atom stereocenters. The molecule has 5 heteroatoms. The maximum Gasteiger partial charge on any atom is 0.239 e. The molecule has 5 nitrogen and oxygen atoms in total. The van der Waals surface area contributed by atoms with Crippen molar-refractivity contribution in [2.24, 2.45) is 0 Å². The molecule has 3 rings (SSSR count). The van der Waals surface area contributed by atoms with Gasteiger partial charge in [-0.3, -0.25) is 4.79 Å². The zero-order chi connectivity index (χ0) is 14.8. The van der Waals surface area contributed by atoms with Gasteiger partial charge in [-0.2, -0.15) is 0 Å². The molecule has 0 bridgehead atoms. The van der Waals surface area contributed by atoms with Crippen molar-refractivity contribution in [2.45, 2.75) is 31.6 Å². The summed E-state index contributed by atoms with van der Waals surface area (Å²) in [6, 6.07) is 7.88. The number of aryl methyl sites for hydroxylation is 1. The fourth-order valence-electron chi connectivity index (χ4n) is 3.11. The predicted octanol–water partition coefficient (Wildman–Crippen LogP) is 0.618. The number of aliphatic hydroxyl groups is 1. The van der Waals surface area contributed by atoms with Crippen LogP contribution in [-0.4, -0.2) is 54.3 Å². The number of benzene rings is 1. The van der Waals surface area contributed by atoms with Crippen molar-refractivity contribution in [3.8, 4) is 0 Å². The normalized spacial score (nSPS) is 29.6. The number of hydrogen-bond acceptors (Lipinski definition) is 4. The van der Waals surface area contributed by atoms with Gasteiger partial charge in [0.1, 0.15) is 6.10 Å². The van der Waals surface area contributed by atoms with Gasteiger partial charge in [-0.1, -0.05) is 24.3 Å². The lowest BCUT2D eigenvalue weighted by atomic mass is 10.0. The van der Waals surface area contributed by atoms with E-state index >= 15 is 0 Å². The molecule has 1 amide bonds. The van der Waals surface area contributed by atoms with E-state index in [2.05, 4.69) is 24.4 Å². The lowest BCUT2D eigenvalue weighted by Gasteiger charge is -2.35. The molecule has 2 N–H and O–H groups in total. The smallest absolute Gasteiger partial charge is 0.239 e. The van der Waals surface area contributed by atoms with Crippen LogP contribution in [0.15, 0.2) is 24.3 Å². The molecule has 1 aromatic rings. The summed E-state index contributed by atoms with van der Waals surface area (Å²) in [7, 11) is 0. The van der Waals surface area contributed by atoms with Gasteiger partial charge >= 0.3 is 0 Å². The number of β-amino-alcohol motifs (C(OH)–C–C–N with tert-alkyl or cyclic N) is 1. The third-order valence-corrected chi connectivity index (χ3v) is 4.32. The maximum absolute atomic E-state index is 12.5. The van der Waals surface area contributed by atoms with Crippen LogP contribution >= 0.6 is 0 Å². The monoisotopic (exact) mass is 290 g/mol.